The van der Waals surface area contributed by atoms with Gasteiger partial charge in [-0.05, 0) is 36.4 Å². The second-order valence-electron chi connectivity index (χ2n) is 5.02. The molecule has 0 saturated carbocycles. The van der Waals surface area contributed by atoms with Crippen LogP contribution in [-0.4, -0.2) is 23.2 Å². The van der Waals surface area contributed by atoms with Gasteiger partial charge < -0.3 is 4.90 Å². The van der Waals surface area contributed by atoms with E-state index in [1.54, 1.807) is 43.4 Å². The number of carbonyl (C=O) groups is 1. The van der Waals surface area contributed by atoms with E-state index in [4.69, 9.17) is 23.2 Å². The Kier molecular flexibility index (Phi) is 4.37. The van der Waals surface area contributed by atoms with Gasteiger partial charge in [0.15, 0.2) is 0 Å². The van der Waals surface area contributed by atoms with E-state index < -0.39 is 0 Å². The lowest BCUT2D eigenvalue weighted by atomic mass is 10.1. The number of aromatic nitrogens is 2. The molecule has 6 heteroatoms. The van der Waals surface area contributed by atoms with Crippen molar-refractivity contribution in [1.29, 1.82) is 0 Å². The molecule has 0 radical (unpaired) electrons. The molecular weight excluding hydrogens is 333 g/mol. The second kappa shape index (κ2) is 6.44. The number of nitrogens with one attached hydrogen (secondary N) is 1. The van der Waals surface area contributed by atoms with Crippen LogP contribution in [-0.2, 0) is 0 Å². The van der Waals surface area contributed by atoms with E-state index in [1.807, 2.05) is 18.2 Å². The maximum atomic E-state index is 12.6. The minimum Gasteiger partial charge on any atom is -0.310 e. The molecule has 0 fully saturated rings. The number of nitrogens with zero attached hydrogens (tertiary/aromatic N) is 2. The SMILES string of the molecule is CN(C(=O)c1cc(-c2cccc(Cl)c2)n[nH]1)c1cccc(Cl)c1. The lowest BCUT2D eigenvalue weighted by Crippen LogP contribution is -2.26. The zero-order chi connectivity index (χ0) is 16.4. The molecule has 1 N–H and O–H groups in total. The van der Waals surface area contributed by atoms with Crippen LogP contribution in [0.2, 0.25) is 10.0 Å². The maximum Gasteiger partial charge on any atom is 0.276 e. The highest BCUT2D eigenvalue weighted by atomic mass is 35.5. The number of halogens is 2. The number of anilines is 1. The molecule has 0 aliphatic heterocycles. The third-order valence-corrected chi connectivity index (χ3v) is 3.90. The number of rotatable bonds is 3. The quantitative estimate of drug-likeness (QED) is 0.750. The van der Waals surface area contributed by atoms with Gasteiger partial charge in [-0.2, -0.15) is 5.10 Å². The lowest BCUT2D eigenvalue weighted by molar-refractivity contribution is 0.0988. The van der Waals surface area contributed by atoms with E-state index in [-0.39, 0.29) is 5.91 Å². The minimum atomic E-state index is -0.201. The highest BCUT2D eigenvalue weighted by Crippen LogP contribution is 2.23. The van der Waals surface area contributed by atoms with Gasteiger partial charge in [-0.3, -0.25) is 9.89 Å². The smallest absolute Gasteiger partial charge is 0.276 e. The highest BCUT2D eigenvalue weighted by Gasteiger charge is 2.17. The molecule has 0 aliphatic rings. The van der Waals surface area contributed by atoms with Gasteiger partial charge in [0.2, 0.25) is 0 Å². The normalized spacial score (nSPS) is 10.6. The summed E-state index contributed by atoms with van der Waals surface area (Å²) in [6.45, 7) is 0. The molecule has 0 bridgehead atoms. The number of hydrogen-bond donors (Lipinski definition) is 1. The van der Waals surface area contributed by atoms with Crippen molar-refractivity contribution in [2.75, 3.05) is 11.9 Å². The summed E-state index contributed by atoms with van der Waals surface area (Å²) in [5, 5.41) is 8.15. The molecule has 2 aromatic carbocycles. The van der Waals surface area contributed by atoms with Crippen molar-refractivity contribution in [3.63, 3.8) is 0 Å². The molecule has 0 unspecified atom stereocenters. The molecule has 23 heavy (non-hydrogen) atoms. The van der Waals surface area contributed by atoms with Crippen LogP contribution in [0.1, 0.15) is 10.5 Å². The Labute approximate surface area is 143 Å². The van der Waals surface area contributed by atoms with Gasteiger partial charge >= 0.3 is 0 Å². The van der Waals surface area contributed by atoms with Crippen LogP contribution < -0.4 is 4.90 Å². The van der Waals surface area contributed by atoms with Crippen molar-refractivity contribution in [3.8, 4) is 11.3 Å². The zero-order valence-electron chi connectivity index (χ0n) is 12.3. The Balaban J connectivity index is 1.86. The van der Waals surface area contributed by atoms with Crippen molar-refractivity contribution < 1.29 is 4.79 Å². The first-order valence-electron chi connectivity index (χ1n) is 6.89. The predicted octanol–water partition coefficient (Wildman–Crippen LogP) is 4.66. The molecule has 1 aromatic heterocycles. The van der Waals surface area contributed by atoms with Crippen LogP contribution in [0.15, 0.2) is 54.6 Å². The molecule has 3 rings (SSSR count). The monoisotopic (exact) mass is 345 g/mol. The number of amides is 1. The van der Waals surface area contributed by atoms with Crippen molar-refractivity contribution in [2.45, 2.75) is 0 Å². The summed E-state index contributed by atoms with van der Waals surface area (Å²) >= 11 is 12.0. The Bertz CT molecular complexity index is 860. The Morgan fingerprint density at radius 3 is 2.43 bits per heavy atom. The summed E-state index contributed by atoms with van der Waals surface area (Å²) in [5.74, 6) is -0.201. The molecule has 0 saturated heterocycles. The Morgan fingerprint density at radius 2 is 1.74 bits per heavy atom. The molecule has 0 spiro atoms. The number of benzene rings is 2. The van der Waals surface area contributed by atoms with Gasteiger partial charge in [0.25, 0.3) is 5.91 Å². The third-order valence-electron chi connectivity index (χ3n) is 3.43. The first kappa shape index (κ1) is 15.6. The van der Waals surface area contributed by atoms with Crippen molar-refractivity contribution in [1.82, 2.24) is 10.2 Å². The van der Waals surface area contributed by atoms with E-state index in [2.05, 4.69) is 10.2 Å². The molecule has 0 aliphatic carbocycles. The Morgan fingerprint density at radius 1 is 1.04 bits per heavy atom. The van der Waals surface area contributed by atoms with Gasteiger partial charge in [-0.1, -0.05) is 41.4 Å². The predicted molar refractivity (Wildman–Crippen MR) is 93.2 cm³/mol. The summed E-state index contributed by atoms with van der Waals surface area (Å²) < 4.78 is 0. The third kappa shape index (κ3) is 3.38. The zero-order valence-corrected chi connectivity index (χ0v) is 13.8. The van der Waals surface area contributed by atoms with Crippen molar-refractivity contribution >= 4 is 34.8 Å². The summed E-state index contributed by atoms with van der Waals surface area (Å²) in [7, 11) is 1.69. The van der Waals surface area contributed by atoms with E-state index in [9.17, 15) is 4.79 Å². The van der Waals surface area contributed by atoms with Crippen LogP contribution in [0.5, 0.6) is 0 Å². The summed E-state index contributed by atoms with van der Waals surface area (Å²) in [6, 6.07) is 16.1. The van der Waals surface area contributed by atoms with Gasteiger partial charge in [0.1, 0.15) is 5.69 Å². The van der Waals surface area contributed by atoms with Crippen LogP contribution in [0.25, 0.3) is 11.3 Å². The standard InChI is InChI=1S/C17H13Cl2N3O/c1-22(14-7-3-6-13(19)9-14)17(23)16-10-15(20-21-16)11-4-2-5-12(18)8-11/h2-10H,1H3,(H,20,21). The van der Waals surface area contributed by atoms with Gasteiger partial charge in [-0.15, -0.1) is 0 Å². The number of aromatic amines is 1. The van der Waals surface area contributed by atoms with Crippen LogP contribution >= 0.6 is 23.2 Å². The Hall–Kier alpha value is -2.30. The summed E-state index contributed by atoms with van der Waals surface area (Å²) in [4.78, 5) is 14.1. The van der Waals surface area contributed by atoms with Gasteiger partial charge in [0.05, 0.1) is 5.69 Å². The molecule has 0 atom stereocenters. The number of carbonyl (C=O) groups excluding carboxylic acids is 1. The van der Waals surface area contributed by atoms with Crippen molar-refractivity contribution in [3.05, 3.63) is 70.3 Å². The molecule has 3 aromatic rings. The van der Waals surface area contributed by atoms with Crippen LogP contribution in [0, 0.1) is 0 Å². The summed E-state index contributed by atoms with van der Waals surface area (Å²) in [6.07, 6.45) is 0. The van der Waals surface area contributed by atoms with Crippen molar-refractivity contribution in [2.24, 2.45) is 0 Å². The van der Waals surface area contributed by atoms with E-state index >= 15 is 0 Å². The van der Waals surface area contributed by atoms with Gasteiger partial charge in [-0.25, -0.2) is 0 Å². The van der Waals surface area contributed by atoms with Crippen LogP contribution in [0.4, 0.5) is 5.69 Å². The molecular formula is C17H13Cl2N3O. The molecule has 116 valence electrons. The first-order chi connectivity index (χ1) is 11.0. The van der Waals surface area contributed by atoms with E-state index in [0.717, 1.165) is 5.56 Å². The minimum absolute atomic E-state index is 0.201. The fourth-order valence-corrected chi connectivity index (χ4v) is 2.58. The van der Waals surface area contributed by atoms with E-state index in [0.29, 0.717) is 27.1 Å². The fourth-order valence-electron chi connectivity index (χ4n) is 2.21. The van der Waals surface area contributed by atoms with E-state index in [1.165, 1.54) is 4.90 Å². The topological polar surface area (TPSA) is 49.0 Å². The molecule has 1 heterocycles. The fraction of sp³-hybridized carbons (Fsp3) is 0.0588. The molecule has 4 nitrogen and oxygen atoms in total. The maximum absolute atomic E-state index is 12.6. The average molecular weight is 346 g/mol. The number of H-pyrrole nitrogens is 1. The van der Waals surface area contributed by atoms with Crippen LogP contribution in [0.3, 0.4) is 0 Å². The second-order valence-corrected chi connectivity index (χ2v) is 5.89. The van der Waals surface area contributed by atoms with Gasteiger partial charge in [0, 0.05) is 28.3 Å². The number of hydrogen-bond acceptors (Lipinski definition) is 2. The largest absolute Gasteiger partial charge is 0.310 e. The average Bonchev–Trinajstić information content (AvgIpc) is 3.03. The summed E-state index contributed by atoms with van der Waals surface area (Å²) in [5.41, 5.74) is 2.61. The highest BCUT2D eigenvalue weighted by molar-refractivity contribution is 6.31. The first-order valence-corrected chi connectivity index (χ1v) is 7.65. The molecule has 1 amide bonds. The lowest BCUT2D eigenvalue weighted by Gasteiger charge is -2.16.